The van der Waals surface area contributed by atoms with Gasteiger partial charge in [0.15, 0.2) is 11.5 Å². The number of likely N-dealkylation sites (tertiary alicyclic amines) is 1. The van der Waals surface area contributed by atoms with E-state index in [9.17, 15) is 37.4 Å². The maximum Gasteiger partial charge on any atom is 0.244 e. The number of carbonyl (C=O) groups is 3. The summed E-state index contributed by atoms with van der Waals surface area (Å²) in [6.07, 6.45) is -5.03. The lowest BCUT2D eigenvalue weighted by atomic mass is 10.0. The number of ether oxygens (including phenoxy) is 3. The summed E-state index contributed by atoms with van der Waals surface area (Å²) in [6, 6.07) is 7.32. The molecule has 0 unspecified atom stereocenters. The monoisotopic (exact) mass is 689 g/mol. The molecule has 3 amide bonds. The van der Waals surface area contributed by atoms with Crippen LogP contribution in [0.15, 0.2) is 47.4 Å². The van der Waals surface area contributed by atoms with E-state index in [0.29, 0.717) is 24.6 Å². The minimum Gasteiger partial charge on any atom is -0.454 e. The van der Waals surface area contributed by atoms with Gasteiger partial charge in [0.25, 0.3) is 0 Å². The Morgan fingerprint density at radius 2 is 1.73 bits per heavy atom. The van der Waals surface area contributed by atoms with Crippen LogP contribution in [-0.2, 0) is 35.7 Å². The third-order valence-corrected chi connectivity index (χ3v) is 11.5. The molecule has 48 heavy (non-hydrogen) atoms. The van der Waals surface area contributed by atoms with Crippen LogP contribution >= 0.6 is 0 Å². The number of piperazine rings is 1. The zero-order valence-electron chi connectivity index (χ0n) is 25.7. The van der Waals surface area contributed by atoms with E-state index in [1.807, 2.05) is 17.0 Å². The fourth-order valence-electron chi connectivity index (χ4n) is 7.11. The molecule has 5 heterocycles. The van der Waals surface area contributed by atoms with Gasteiger partial charge in [-0.25, -0.2) is 12.8 Å². The molecule has 17 heteroatoms. The van der Waals surface area contributed by atoms with Gasteiger partial charge in [-0.15, -0.1) is 0 Å². The Kier molecular flexibility index (Phi) is 8.76. The van der Waals surface area contributed by atoms with Gasteiger partial charge in [0.2, 0.25) is 34.5 Å². The number of benzene rings is 2. The first kappa shape index (κ1) is 32.7. The van der Waals surface area contributed by atoms with Gasteiger partial charge >= 0.3 is 0 Å². The molecule has 7 rings (SSSR count). The molecule has 0 spiro atoms. The Hall–Kier alpha value is -3.87. The number of aliphatic hydroxyl groups excluding tert-OH is 2. The van der Waals surface area contributed by atoms with Crippen molar-refractivity contribution < 1.29 is 51.6 Å². The van der Waals surface area contributed by atoms with E-state index < -0.39 is 70.2 Å². The number of nitrogens with one attached hydrogen (secondary N) is 2. The summed E-state index contributed by atoms with van der Waals surface area (Å²) in [6.45, 7) is -0.179. The molecule has 4 fully saturated rings. The van der Waals surface area contributed by atoms with E-state index in [1.54, 1.807) is 6.07 Å². The molecule has 0 saturated carbocycles. The van der Waals surface area contributed by atoms with Gasteiger partial charge in [-0.3, -0.25) is 19.3 Å². The number of fused-ring (bicyclic) bond motifs is 7. The molecular formula is C31H36FN5O10S. The van der Waals surface area contributed by atoms with Crippen molar-refractivity contribution >= 4 is 27.7 Å². The van der Waals surface area contributed by atoms with Crippen molar-refractivity contribution in [3.63, 3.8) is 0 Å². The summed E-state index contributed by atoms with van der Waals surface area (Å²) >= 11 is 0. The Labute approximate surface area is 275 Å². The normalized spacial score (nSPS) is 31.5. The topological polar surface area (TPSA) is 187 Å². The van der Waals surface area contributed by atoms with Crippen LogP contribution in [0.25, 0.3) is 0 Å². The first-order valence-corrected chi connectivity index (χ1v) is 17.2. The van der Waals surface area contributed by atoms with Crippen molar-refractivity contribution in [2.75, 3.05) is 39.5 Å². The van der Waals surface area contributed by atoms with Crippen molar-refractivity contribution in [1.29, 1.82) is 0 Å². The molecule has 7 atom stereocenters. The fourth-order valence-corrected chi connectivity index (χ4v) is 8.71. The Bertz CT molecular complexity index is 1710. The summed E-state index contributed by atoms with van der Waals surface area (Å²) in [5, 5.41) is 26.8. The highest BCUT2D eigenvalue weighted by Gasteiger charge is 2.48. The number of rotatable bonds is 4. The number of aliphatic hydroxyl groups is 2. The van der Waals surface area contributed by atoms with Crippen LogP contribution in [0.4, 0.5) is 4.39 Å². The van der Waals surface area contributed by atoms with Crippen LogP contribution in [0.3, 0.4) is 0 Å². The number of halogens is 1. The second-order valence-corrected chi connectivity index (χ2v) is 14.5. The highest BCUT2D eigenvalue weighted by atomic mass is 32.2. The van der Waals surface area contributed by atoms with Gasteiger partial charge in [0.05, 0.1) is 23.5 Å². The largest absolute Gasteiger partial charge is 0.454 e. The van der Waals surface area contributed by atoms with Gasteiger partial charge < -0.3 is 40.0 Å². The van der Waals surface area contributed by atoms with Crippen molar-refractivity contribution in [2.45, 2.75) is 66.8 Å². The molecular weight excluding hydrogens is 653 g/mol. The van der Waals surface area contributed by atoms with Crippen LogP contribution in [0.2, 0.25) is 0 Å². The van der Waals surface area contributed by atoms with Gasteiger partial charge in [-0.05, 0) is 42.3 Å². The molecule has 258 valence electrons. The van der Waals surface area contributed by atoms with Gasteiger partial charge in [-0.2, -0.15) is 4.31 Å². The number of carbonyl (C=O) groups excluding carboxylic acids is 3. The molecule has 5 aliphatic rings. The number of amides is 3. The Morgan fingerprint density at radius 1 is 0.938 bits per heavy atom. The second-order valence-electron chi connectivity index (χ2n) is 12.6. The van der Waals surface area contributed by atoms with Crippen molar-refractivity contribution in [1.82, 2.24) is 24.7 Å². The maximum absolute atomic E-state index is 14.2. The lowest BCUT2D eigenvalue weighted by Gasteiger charge is -2.41. The average molecular weight is 690 g/mol. The number of hydrogen-bond donors (Lipinski definition) is 4. The number of nitrogens with zero attached hydrogens (tertiary/aromatic N) is 3. The summed E-state index contributed by atoms with van der Waals surface area (Å²) < 4.78 is 59.2. The molecule has 0 radical (unpaired) electrons. The number of hydrogen-bond acceptors (Lipinski definition) is 11. The minimum atomic E-state index is -4.38. The van der Waals surface area contributed by atoms with Crippen molar-refractivity contribution in [3.8, 4) is 11.5 Å². The molecule has 5 aliphatic heterocycles. The average Bonchev–Trinajstić information content (AvgIpc) is 3.76. The zero-order chi connectivity index (χ0) is 33.7. The predicted molar refractivity (Wildman–Crippen MR) is 162 cm³/mol. The molecule has 0 aliphatic carbocycles. The molecule has 4 saturated heterocycles. The number of sulfonamides is 1. The van der Waals surface area contributed by atoms with Crippen LogP contribution in [0, 0.1) is 5.82 Å². The van der Waals surface area contributed by atoms with Crippen LogP contribution in [-0.4, -0.2) is 133 Å². The smallest absolute Gasteiger partial charge is 0.244 e. The molecule has 15 nitrogen and oxygen atoms in total. The van der Waals surface area contributed by atoms with Crippen molar-refractivity contribution in [3.05, 3.63) is 53.8 Å². The SMILES string of the molecule is O=C1C[C@@H]2O[C@H](CNC(=O)[C@@H]3CN(CCN3S(=O)(=O)c3cccc(F)c3)C(=O)[C@@H]3C[C@@H](CN3Cc3ccc4c(c3)OCO4)N1)[C@@H](O)[C@H]2O. The van der Waals surface area contributed by atoms with Crippen LogP contribution in [0.5, 0.6) is 11.5 Å². The van der Waals surface area contributed by atoms with Gasteiger partial charge in [-0.1, -0.05) is 12.1 Å². The highest BCUT2D eigenvalue weighted by Crippen LogP contribution is 2.34. The Morgan fingerprint density at radius 3 is 2.54 bits per heavy atom. The molecule has 2 aromatic carbocycles. The third-order valence-electron chi connectivity index (χ3n) is 9.55. The maximum atomic E-state index is 14.2. The summed E-state index contributed by atoms with van der Waals surface area (Å²) in [5.41, 5.74) is 0.834. The van der Waals surface area contributed by atoms with E-state index in [-0.39, 0.29) is 56.6 Å². The fraction of sp³-hybridized carbons (Fsp3) is 0.516. The quantitative estimate of drug-likeness (QED) is 0.294. The first-order chi connectivity index (χ1) is 23.0. The Balaban J connectivity index is 1.20. The van der Waals surface area contributed by atoms with E-state index in [4.69, 9.17) is 14.2 Å². The van der Waals surface area contributed by atoms with E-state index in [0.717, 1.165) is 22.0 Å². The second kappa shape index (κ2) is 12.9. The summed E-state index contributed by atoms with van der Waals surface area (Å²) in [7, 11) is -4.38. The molecule has 6 bridgehead atoms. The van der Waals surface area contributed by atoms with Crippen molar-refractivity contribution in [2.24, 2.45) is 0 Å². The molecule has 2 aromatic rings. The first-order valence-electron chi connectivity index (χ1n) is 15.8. The third kappa shape index (κ3) is 6.21. The van der Waals surface area contributed by atoms with E-state index in [2.05, 4.69) is 10.6 Å². The lowest BCUT2D eigenvalue weighted by Crippen LogP contribution is -2.63. The minimum absolute atomic E-state index is 0.0408. The van der Waals surface area contributed by atoms with Crippen LogP contribution < -0.4 is 20.1 Å². The zero-order valence-corrected chi connectivity index (χ0v) is 26.6. The van der Waals surface area contributed by atoms with E-state index in [1.165, 1.54) is 17.0 Å². The lowest BCUT2D eigenvalue weighted by molar-refractivity contribution is -0.140. The summed E-state index contributed by atoms with van der Waals surface area (Å²) in [5.74, 6) is -1.12. The van der Waals surface area contributed by atoms with Gasteiger partial charge in [0.1, 0.15) is 30.2 Å². The highest BCUT2D eigenvalue weighted by molar-refractivity contribution is 7.89. The summed E-state index contributed by atoms with van der Waals surface area (Å²) in [4.78, 5) is 44.1. The van der Waals surface area contributed by atoms with Gasteiger partial charge in [0, 0.05) is 45.3 Å². The molecule has 4 N–H and O–H groups in total. The standard InChI is InChI=1S/C31H36FN5O10S/c32-18-2-1-3-20(9-18)48(43,44)37-7-6-35-15-22(37)30(41)33-12-26-29(40)28(39)25(47-26)11-27(38)34-19-10-21(31(35)42)36(14-19)13-17-4-5-23-24(8-17)46-16-45-23/h1-5,8-9,19,21-22,25-26,28-29,39-40H,6-7,10-16H2,(H,33,41)(H,34,38)/t19-,21-,22-,25-,26+,28-,29+/m0/s1. The molecule has 0 aromatic heterocycles. The predicted octanol–water partition coefficient (Wildman–Crippen LogP) is -1.48. The van der Waals surface area contributed by atoms with Crippen LogP contribution in [0.1, 0.15) is 18.4 Å². The van der Waals surface area contributed by atoms with E-state index >= 15 is 0 Å².